The third kappa shape index (κ3) is 4.41. The Morgan fingerprint density at radius 3 is 2.63 bits per heavy atom. The lowest BCUT2D eigenvalue weighted by Crippen LogP contribution is -2.35. The van der Waals surface area contributed by atoms with E-state index in [4.69, 9.17) is 0 Å². The van der Waals surface area contributed by atoms with Gasteiger partial charge in [0.25, 0.3) is 0 Å². The van der Waals surface area contributed by atoms with Gasteiger partial charge in [0.1, 0.15) is 0 Å². The van der Waals surface area contributed by atoms with Crippen molar-refractivity contribution in [3.05, 3.63) is 65.2 Å². The Kier molecular flexibility index (Phi) is 5.58. The molecule has 1 N–H and O–H groups in total. The van der Waals surface area contributed by atoms with Crippen LogP contribution in [0.2, 0.25) is 0 Å². The lowest BCUT2D eigenvalue weighted by atomic mass is 9.99. The van der Waals surface area contributed by atoms with Crippen molar-refractivity contribution in [1.82, 2.24) is 4.90 Å². The second-order valence-electron chi connectivity index (χ2n) is 8.10. The topological polar surface area (TPSA) is 32.3 Å². The summed E-state index contributed by atoms with van der Waals surface area (Å²) in [5.74, 6) is -0.0226. The minimum atomic E-state index is -0.0226. The van der Waals surface area contributed by atoms with Crippen LogP contribution in [0.5, 0.6) is 0 Å². The Hall–Kier alpha value is -2.13. The van der Waals surface area contributed by atoms with Crippen molar-refractivity contribution in [3.8, 4) is 0 Å². The molecule has 1 amide bonds. The molecule has 4 rings (SSSR count). The summed E-state index contributed by atoms with van der Waals surface area (Å²) in [5, 5.41) is 2.86. The van der Waals surface area contributed by atoms with E-state index in [-0.39, 0.29) is 5.91 Å². The lowest BCUT2D eigenvalue weighted by Gasteiger charge is -2.34. The van der Waals surface area contributed by atoms with E-state index in [1.807, 2.05) is 12.1 Å². The number of amides is 1. The van der Waals surface area contributed by atoms with Crippen molar-refractivity contribution in [2.24, 2.45) is 0 Å². The Morgan fingerprint density at radius 1 is 1.00 bits per heavy atom. The molecule has 2 heterocycles. The number of hydrogen-bond donors (Lipinski definition) is 1. The smallest absolute Gasteiger partial charge is 0.221 e. The highest BCUT2D eigenvalue weighted by Crippen LogP contribution is 2.40. The van der Waals surface area contributed by atoms with Crippen LogP contribution in [0.1, 0.15) is 61.8 Å². The summed E-state index contributed by atoms with van der Waals surface area (Å²) in [5.41, 5.74) is 5.03. The maximum absolute atomic E-state index is 11.2. The van der Waals surface area contributed by atoms with Crippen LogP contribution < -0.4 is 5.32 Å². The van der Waals surface area contributed by atoms with Crippen molar-refractivity contribution < 1.29 is 4.79 Å². The Morgan fingerprint density at radius 2 is 1.81 bits per heavy atom. The van der Waals surface area contributed by atoms with Crippen molar-refractivity contribution in [2.75, 3.05) is 11.9 Å². The number of carbonyl (C=O) groups excluding carboxylic acids is 1. The zero-order valence-corrected chi connectivity index (χ0v) is 16.3. The number of benzene rings is 2. The zero-order valence-electron chi connectivity index (χ0n) is 16.3. The highest BCUT2D eigenvalue weighted by molar-refractivity contribution is 5.88. The number of anilines is 1. The van der Waals surface area contributed by atoms with Crippen LogP contribution in [0.3, 0.4) is 0 Å². The first-order valence-electron chi connectivity index (χ1n) is 10.4. The number of hydrogen-bond acceptors (Lipinski definition) is 2. The van der Waals surface area contributed by atoms with Crippen LogP contribution in [0.4, 0.5) is 5.69 Å². The van der Waals surface area contributed by atoms with Crippen molar-refractivity contribution in [2.45, 2.75) is 64.0 Å². The molecular formula is C24H30N2O. The molecular weight excluding hydrogens is 332 g/mol. The lowest BCUT2D eigenvalue weighted by molar-refractivity contribution is -0.114. The molecule has 2 aromatic rings. The average molecular weight is 363 g/mol. The van der Waals surface area contributed by atoms with Gasteiger partial charge in [0.05, 0.1) is 0 Å². The normalized spacial score (nSPS) is 22.4. The zero-order chi connectivity index (χ0) is 18.6. The molecule has 0 unspecified atom stereocenters. The average Bonchev–Trinajstić information content (AvgIpc) is 3.11. The van der Waals surface area contributed by atoms with E-state index < -0.39 is 0 Å². The predicted molar refractivity (Wildman–Crippen MR) is 111 cm³/mol. The van der Waals surface area contributed by atoms with E-state index in [1.165, 1.54) is 55.3 Å². The number of nitrogens with zero attached hydrogens (tertiary/aromatic N) is 1. The van der Waals surface area contributed by atoms with Gasteiger partial charge in [-0.15, -0.1) is 0 Å². The van der Waals surface area contributed by atoms with E-state index in [9.17, 15) is 4.79 Å². The van der Waals surface area contributed by atoms with Gasteiger partial charge in [0.2, 0.25) is 5.91 Å². The standard InChI is InChI=1S/C24H30N2O/c1-18(27)25-22-6-4-5-20(17-22)9-8-19-10-12-21(13-11-19)24-15-14-23-7-2-3-16-26(23)24/h4-6,10-13,17,23-24H,2-3,7-9,14-16H2,1H3,(H,25,27)/t23-,24-/m1/s1. The number of rotatable bonds is 5. The monoisotopic (exact) mass is 362 g/mol. The molecule has 3 nitrogen and oxygen atoms in total. The molecule has 2 aliphatic rings. The summed E-state index contributed by atoms with van der Waals surface area (Å²) in [6, 6.07) is 19.0. The number of carbonyl (C=O) groups is 1. The number of nitrogens with one attached hydrogen (secondary N) is 1. The highest BCUT2D eigenvalue weighted by atomic mass is 16.1. The van der Waals surface area contributed by atoms with Gasteiger partial charge in [0.15, 0.2) is 0 Å². The van der Waals surface area contributed by atoms with Gasteiger partial charge in [-0.05, 0) is 73.9 Å². The fourth-order valence-electron chi connectivity index (χ4n) is 4.82. The van der Waals surface area contributed by atoms with Crippen molar-refractivity contribution in [3.63, 3.8) is 0 Å². The predicted octanol–water partition coefficient (Wildman–Crippen LogP) is 5.12. The Bertz CT molecular complexity index is 783. The minimum absolute atomic E-state index is 0.0226. The van der Waals surface area contributed by atoms with Crippen LogP contribution in [-0.2, 0) is 17.6 Å². The first-order chi connectivity index (χ1) is 13.2. The van der Waals surface area contributed by atoms with E-state index in [0.717, 1.165) is 24.6 Å². The van der Waals surface area contributed by atoms with Gasteiger partial charge in [-0.2, -0.15) is 0 Å². The fraction of sp³-hybridized carbons (Fsp3) is 0.458. The summed E-state index contributed by atoms with van der Waals surface area (Å²) >= 11 is 0. The molecule has 0 spiro atoms. The SMILES string of the molecule is CC(=O)Nc1cccc(CCc2ccc([C@H]3CC[C@H]4CCCCN43)cc2)c1. The van der Waals surface area contributed by atoms with Gasteiger partial charge in [-0.1, -0.05) is 42.8 Å². The summed E-state index contributed by atoms with van der Waals surface area (Å²) in [6.45, 7) is 2.83. The molecule has 2 fully saturated rings. The van der Waals surface area contributed by atoms with Gasteiger partial charge in [0, 0.05) is 24.7 Å². The molecule has 3 heteroatoms. The van der Waals surface area contributed by atoms with Gasteiger partial charge >= 0.3 is 0 Å². The fourth-order valence-corrected chi connectivity index (χ4v) is 4.82. The molecule has 142 valence electrons. The molecule has 2 aliphatic heterocycles. The van der Waals surface area contributed by atoms with Crippen molar-refractivity contribution >= 4 is 11.6 Å². The third-order valence-corrected chi connectivity index (χ3v) is 6.16. The van der Waals surface area contributed by atoms with Crippen LogP contribution in [0, 0.1) is 0 Å². The molecule has 0 radical (unpaired) electrons. The molecule has 0 bridgehead atoms. The van der Waals surface area contributed by atoms with E-state index in [1.54, 1.807) is 6.92 Å². The van der Waals surface area contributed by atoms with Crippen molar-refractivity contribution in [1.29, 1.82) is 0 Å². The first-order valence-corrected chi connectivity index (χ1v) is 10.4. The van der Waals surface area contributed by atoms with E-state index in [0.29, 0.717) is 6.04 Å². The molecule has 27 heavy (non-hydrogen) atoms. The second kappa shape index (κ2) is 8.26. The third-order valence-electron chi connectivity index (χ3n) is 6.16. The van der Waals surface area contributed by atoms with Gasteiger partial charge < -0.3 is 5.32 Å². The number of fused-ring (bicyclic) bond motifs is 1. The molecule has 0 aliphatic carbocycles. The molecule has 0 saturated carbocycles. The van der Waals surface area contributed by atoms with Gasteiger partial charge in [-0.25, -0.2) is 0 Å². The maximum Gasteiger partial charge on any atom is 0.221 e. The van der Waals surface area contributed by atoms with Crippen LogP contribution in [0.15, 0.2) is 48.5 Å². The quantitative estimate of drug-likeness (QED) is 0.801. The largest absolute Gasteiger partial charge is 0.326 e. The molecule has 2 saturated heterocycles. The van der Waals surface area contributed by atoms with E-state index >= 15 is 0 Å². The second-order valence-corrected chi connectivity index (χ2v) is 8.10. The Balaban J connectivity index is 1.36. The summed E-state index contributed by atoms with van der Waals surface area (Å²) in [4.78, 5) is 14.0. The number of aryl methyl sites for hydroxylation is 2. The van der Waals surface area contributed by atoms with Crippen LogP contribution >= 0.6 is 0 Å². The molecule has 0 aromatic heterocycles. The maximum atomic E-state index is 11.2. The first kappa shape index (κ1) is 18.2. The van der Waals surface area contributed by atoms with Gasteiger partial charge in [-0.3, -0.25) is 9.69 Å². The minimum Gasteiger partial charge on any atom is -0.326 e. The van der Waals surface area contributed by atoms with Crippen LogP contribution in [0.25, 0.3) is 0 Å². The summed E-state index contributed by atoms with van der Waals surface area (Å²) < 4.78 is 0. The molecule has 2 atom stereocenters. The van der Waals surface area contributed by atoms with E-state index in [2.05, 4.69) is 46.6 Å². The van der Waals surface area contributed by atoms with Crippen LogP contribution in [-0.4, -0.2) is 23.4 Å². The summed E-state index contributed by atoms with van der Waals surface area (Å²) in [7, 11) is 0. The Labute approximate surface area is 162 Å². The molecule has 2 aromatic carbocycles. The summed E-state index contributed by atoms with van der Waals surface area (Å²) in [6.07, 6.45) is 8.88. The highest BCUT2D eigenvalue weighted by Gasteiger charge is 2.35. The number of piperidine rings is 1.